The topological polar surface area (TPSA) is 104 Å². The highest BCUT2D eigenvalue weighted by atomic mass is 16.5. The van der Waals surface area contributed by atoms with Gasteiger partial charge in [-0.15, -0.1) is 0 Å². The quantitative estimate of drug-likeness (QED) is 0.668. The summed E-state index contributed by atoms with van der Waals surface area (Å²) < 4.78 is 6.67. The molecule has 10 heteroatoms. The van der Waals surface area contributed by atoms with Crippen LogP contribution in [0.1, 0.15) is 11.4 Å². The van der Waals surface area contributed by atoms with Crippen LogP contribution in [-0.2, 0) is 11.3 Å². The van der Waals surface area contributed by atoms with E-state index in [9.17, 15) is 9.59 Å². The molecule has 162 valence electrons. The van der Waals surface area contributed by atoms with Gasteiger partial charge in [-0.25, -0.2) is 14.6 Å². The lowest BCUT2D eigenvalue weighted by Gasteiger charge is -2.33. The fraction of sp³-hybridized carbons (Fsp3) is 0.333. The van der Waals surface area contributed by atoms with Crippen molar-refractivity contribution in [3.63, 3.8) is 0 Å². The number of fused-ring (bicyclic) bond motifs is 1. The molecule has 0 saturated carbocycles. The van der Waals surface area contributed by atoms with Crippen LogP contribution in [0.15, 0.2) is 42.9 Å². The molecular formula is C21H25N7O3. The minimum atomic E-state index is -0.359. The van der Waals surface area contributed by atoms with Gasteiger partial charge in [0.2, 0.25) is 0 Å². The van der Waals surface area contributed by atoms with Crippen LogP contribution in [0, 0.1) is 6.92 Å². The van der Waals surface area contributed by atoms with Gasteiger partial charge in [0.25, 0.3) is 0 Å². The number of aromatic nitrogens is 3. The lowest BCUT2D eigenvalue weighted by atomic mass is 10.3. The third-order valence-corrected chi connectivity index (χ3v) is 5.14. The Bertz CT molecular complexity index is 1070. The van der Waals surface area contributed by atoms with Gasteiger partial charge in [-0.3, -0.25) is 9.88 Å². The summed E-state index contributed by atoms with van der Waals surface area (Å²) in [5.41, 5.74) is 3.67. The maximum Gasteiger partial charge on any atom is 0.409 e. The first kappa shape index (κ1) is 20.6. The molecule has 0 aromatic carbocycles. The molecule has 4 heterocycles. The molecule has 0 aliphatic carbocycles. The highest BCUT2D eigenvalue weighted by Crippen LogP contribution is 2.18. The van der Waals surface area contributed by atoms with Crippen LogP contribution in [0.25, 0.3) is 5.65 Å². The van der Waals surface area contributed by atoms with Gasteiger partial charge in [0, 0.05) is 50.8 Å². The molecule has 3 aromatic heterocycles. The van der Waals surface area contributed by atoms with Gasteiger partial charge >= 0.3 is 12.1 Å². The molecule has 31 heavy (non-hydrogen) atoms. The standard InChI is InChI=1S/C21H25N7O3/c1-15-5-6-16(12-22-15)24-20(29)25-18-4-3-7-28-14-17(23-19(18)28)13-26-8-10-27(11-9-26)21(30)31-2/h3-7,12,14H,8-11,13H2,1-2H3,(H2,24,25,29). The van der Waals surface area contributed by atoms with E-state index in [2.05, 4.69) is 20.5 Å². The second-order valence-electron chi connectivity index (χ2n) is 7.39. The summed E-state index contributed by atoms with van der Waals surface area (Å²) in [5, 5.41) is 5.63. The summed E-state index contributed by atoms with van der Waals surface area (Å²) >= 11 is 0. The number of nitrogens with zero attached hydrogens (tertiary/aromatic N) is 5. The number of nitrogens with one attached hydrogen (secondary N) is 2. The van der Waals surface area contributed by atoms with Crippen LogP contribution in [0.2, 0.25) is 0 Å². The molecule has 4 rings (SSSR count). The summed E-state index contributed by atoms with van der Waals surface area (Å²) in [6.45, 7) is 5.31. The predicted molar refractivity (Wildman–Crippen MR) is 116 cm³/mol. The fourth-order valence-electron chi connectivity index (χ4n) is 3.51. The van der Waals surface area contributed by atoms with Gasteiger partial charge in [0.15, 0.2) is 5.65 Å². The number of methoxy groups -OCH3 is 1. The van der Waals surface area contributed by atoms with Crippen LogP contribution < -0.4 is 10.6 Å². The molecule has 1 aliphatic heterocycles. The van der Waals surface area contributed by atoms with Crippen molar-refractivity contribution in [3.05, 3.63) is 54.2 Å². The zero-order valence-electron chi connectivity index (χ0n) is 17.5. The third-order valence-electron chi connectivity index (χ3n) is 5.14. The molecule has 2 N–H and O–H groups in total. The Morgan fingerprint density at radius 2 is 1.94 bits per heavy atom. The van der Waals surface area contributed by atoms with E-state index >= 15 is 0 Å². The normalized spacial score (nSPS) is 14.5. The Balaban J connectivity index is 1.40. The van der Waals surface area contributed by atoms with Crippen LogP contribution in [-0.4, -0.2) is 69.6 Å². The van der Waals surface area contributed by atoms with Crippen LogP contribution in [0.5, 0.6) is 0 Å². The number of ether oxygens (including phenoxy) is 1. The van der Waals surface area contributed by atoms with E-state index < -0.39 is 0 Å². The van der Waals surface area contributed by atoms with E-state index in [0.29, 0.717) is 36.7 Å². The highest BCUT2D eigenvalue weighted by molar-refractivity contribution is 6.01. The molecule has 0 radical (unpaired) electrons. The van der Waals surface area contributed by atoms with Crippen molar-refractivity contribution in [1.82, 2.24) is 24.2 Å². The Kier molecular flexibility index (Phi) is 5.99. The minimum Gasteiger partial charge on any atom is -0.453 e. The number of rotatable bonds is 4. The van der Waals surface area contributed by atoms with Gasteiger partial charge in [0.05, 0.1) is 30.4 Å². The molecule has 0 spiro atoms. The Morgan fingerprint density at radius 3 is 2.65 bits per heavy atom. The molecule has 0 atom stereocenters. The monoisotopic (exact) mass is 423 g/mol. The van der Waals surface area contributed by atoms with Gasteiger partial charge in [-0.05, 0) is 31.2 Å². The maximum absolute atomic E-state index is 12.4. The summed E-state index contributed by atoms with van der Waals surface area (Å²) in [4.78, 5) is 36.9. The largest absolute Gasteiger partial charge is 0.453 e. The average Bonchev–Trinajstić information content (AvgIpc) is 3.19. The van der Waals surface area contributed by atoms with Crippen LogP contribution in [0.4, 0.5) is 21.0 Å². The van der Waals surface area contributed by atoms with Crippen LogP contribution >= 0.6 is 0 Å². The molecule has 1 fully saturated rings. The van der Waals surface area contributed by atoms with E-state index in [-0.39, 0.29) is 12.1 Å². The van der Waals surface area contributed by atoms with E-state index in [0.717, 1.165) is 24.5 Å². The number of hydrogen-bond donors (Lipinski definition) is 2. The molecule has 0 bridgehead atoms. The number of imidazole rings is 1. The Morgan fingerprint density at radius 1 is 1.13 bits per heavy atom. The summed E-state index contributed by atoms with van der Waals surface area (Å²) in [7, 11) is 1.40. The lowest BCUT2D eigenvalue weighted by molar-refractivity contribution is 0.0885. The van der Waals surface area contributed by atoms with Crippen molar-refractivity contribution in [1.29, 1.82) is 0 Å². The lowest BCUT2D eigenvalue weighted by Crippen LogP contribution is -2.48. The highest BCUT2D eigenvalue weighted by Gasteiger charge is 2.22. The number of piperazine rings is 1. The molecule has 10 nitrogen and oxygen atoms in total. The number of amides is 3. The molecule has 3 aromatic rings. The van der Waals surface area contributed by atoms with Crippen molar-refractivity contribution >= 4 is 29.1 Å². The Labute approximate surface area is 179 Å². The van der Waals surface area contributed by atoms with Crippen molar-refractivity contribution in [3.8, 4) is 0 Å². The molecule has 1 saturated heterocycles. The first-order valence-electron chi connectivity index (χ1n) is 10.0. The third kappa shape index (κ3) is 4.92. The SMILES string of the molecule is COC(=O)N1CCN(Cc2cn3cccc(NC(=O)Nc4ccc(C)nc4)c3n2)CC1. The van der Waals surface area contributed by atoms with E-state index in [1.54, 1.807) is 17.2 Å². The number of aryl methyl sites for hydroxylation is 1. The number of carbonyl (C=O) groups is 2. The predicted octanol–water partition coefficient (Wildman–Crippen LogP) is 2.57. The summed E-state index contributed by atoms with van der Waals surface area (Å²) in [5.74, 6) is 0. The molecule has 3 amide bonds. The van der Waals surface area contributed by atoms with Crippen molar-refractivity contribution in [2.24, 2.45) is 0 Å². The molecule has 1 aliphatic rings. The maximum atomic E-state index is 12.4. The molecular weight excluding hydrogens is 398 g/mol. The second-order valence-corrected chi connectivity index (χ2v) is 7.39. The van der Waals surface area contributed by atoms with E-state index in [1.807, 2.05) is 41.9 Å². The van der Waals surface area contributed by atoms with Gasteiger partial charge in [-0.1, -0.05) is 0 Å². The van der Waals surface area contributed by atoms with Crippen molar-refractivity contribution in [2.45, 2.75) is 13.5 Å². The number of hydrogen-bond acceptors (Lipinski definition) is 6. The van der Waals surface area contributed by atoms with Gasteiger partial charge in [-0.2, -0.15) is 0 Å². The zero-order chi connectivity index (χ0) is 21.8. The van der Waals surface area contributed by atoms with Gasteiger partial charge < -0.3 is 24.7 Å². The molecule has 0 unspecified atom stereocenters. The Hall–Kier alpha value is -3.66. The fourth-order valence-corrected chi connectivity index (χ4v) is 3.51. The summed E-state index contributed by atoms with van der Waals surface area (Å²) in [6, 6.07) is 6.95. The summed E-state index contributed by atoms with van der Waals surface area (Å²) in [6.07, 6.45) is 5.18. The number of urea groups is 1. The average molecular weight is 423 g/mol. The van der Waals surface area contributed by atoms with Crippen LogP contribution in [0.3, 0.4) is 0 Å². The first-order chi connectivity index (χ1) is 15.0. The van der Waals surface area contributed by atoms with Crippen molar-refractivity contribution < 1.29 is 14.3 Å². The minimum absolute atomic E-state index is 0.289. The smallest absolute Gasteiger partial charge is 0.409 e. The zero-order valence-corrected chi connectivity index (χ0v) is 17.5. The van der Waals surface area contributed by atoms with Crippen molar-refractivity contribution in [2.75, 3.05) is 43.9 Å². The van der Waals surface area contributed by atoms with Gasteiger partial charge in [0.1, 0.15) is 0 Å². The number of pyridine rings is 2. The number of anilines is 2. The van der Waals surface area contributed by atoms with E-state index in [1.165, 1.54) is 7.11 Å². The second kappa shape index (κ2) is 9.00. The number of carbonyl (C=O) groups excluding carboxylic acids is 2. The van der Waals surface area contributed by atoms with E-state index in [4.69, 9.17) is 9.72 Å². The first-order valence-corrected chi connectivity index (χ1v) is 10.0.